The molecule has 36 heavy (non-hydrogen) atoms. The van der Waals surface area contributed by atoms with Gasteiger partial charge in [-0.1, -0.05) is 103 Å². The van der Waals surface area contributed by atoms with E-state index in [1.54, 1.807) is 0 Å². The molecule has 0 heterocycles. The summed E-state index contributed by atoms with van der Waals surface area (Å²) in [6.45, 7) is 0. The van der Waals surface area contributed by atoms with E-state index < -0.39 is 7.26 Å². The summed E-state index contributed by atoms with van der Waals surface area (Å²) in [7, 11) is -1.99. The van der Waals surface area contributed by atoms with Crippen molar-refractivity contribution in [2.24, 2.45) is 0 Å². The van der Waals surface area contributed by atoms with Crippen LogP contribution in [0.25, 0.3) is 12.2 Å². The number of benzene rings is 5. The maximum Gasteiger partial charge on any atom is 0.123 e. The van der Waals surface area contributed by atoms with Crippen molar-refractivity contribution in [3.05, 3.63) is 162 Å². The van der Waals surface area contributed by atoms with Crippen LogP contribution < -0.4 is 32.9 Å². The highest BCUT2D eigenvalue weighted by atomic mass is 79.9. The average molecular weight is 553 g/mol. The van der Waals surface area contributed by atoms with E-state index in [2.05, 4.69) is 127 Å². The highest BCUT2D eigenvalue weighted by molar-refractivity contribution is 7.95. The smallest absolute Gasteiger partial charge is 0.123 e. The highest BCUT2D eigenvalue weighted by Crippen LogP contribution is 2.58. The summed E-state index contributed by atoms with van der Waals surface area (Å²) < 4.78 is 13.4. The minimum Gasteiger partial charge on any atom is -1.00 e. The highest BCUT2D eigenvalue weighted by Gasteiger charge is 2.45. The van der Waals surface area contributed by atoms with Crippen LogP contribution in [0.2, 0.25) is 0 Å². The van der Waals surface area contributed by atoms with Gasteiger partial charge in [-0.3, -0.25) is 0 Å². The van der Waals surface area contributed by atoms with E-state index in [0.717, 1.165) is 11.7 Å². The lowest BCUT2D eigenvalue weighted by Crippen LogP contribution is -3.00. The summed E-state index contributed by atoms with van der Waals surface area (Å²) in [4.78, 5) is 0. The second-order valence-electron chi connectivity index (χ2n) is 8.56. The van der Waals surface area contributed by atoms with Crippen LogP contribution in [0.1, 0.15) is 16.7 Å². The summed E-state index contributed by atoms with van der Waals surface area (Å²) in [5, 5.41) is 4.11. The molecular formula is C33H27BrFP. The summed E-state index contributed by atoms with van der Waals surface area (Å²) in [6, 6.07) is 48.1. The van der Waals surface area contributed by atoms with Gasteiger partial charge in [-0.05, 0) is 65.2 Å². The molecule has 5 aromatic carbocycles. The van der Waals surface area contributed by atoms with E-state index in [1.807, 2.05) is 12.1 Å². The molecule has 0 fully saturated rings. The fraction of sp³-hybridized carbons (Fsp3) is 0.0303. The van der Waals surface area contributed by atoms with Crippen molar-refractivity contribution in [3.8, 4) is 0 Å². The molecule has 0 atom stereocenters. The van der Waals surface area contributed by atoms with Crippen molar-refractivity contribution in [2.45, 2.75) is 6.16 Å². The lowest BCUT2D eigenvalue weighted by atomic mass is 10.1. The molecular weight excluding hydrogens is 526 g/mol. The Bertz CT molecular complexity index is 1300. The first-order chi connectivity index (χ1) is 17.3. The Morgan fingerprint density at radius 2 is 0.944 bits per heavy atom. The van der Waals surface area contributed by atoms with E-state index in [4.69, 9.17) is 0 Å². The largest absolute Gasteiger partial charge is 1.00 e. The van der Waals surface area contributed by atoms with Crippen LogP contribution in [-0.2, 0) is 6.16 Å². The third-order valence-corrected chi connectivity index (χ3v) is 10.7. The molecule has 0 aromatic heterocycles. The number of hydrogen-bond acceptors (Lipinski definition) is 0. The van der Waals surface area contributed by atoms with E-state index in [9.17, 15) is 4.39 Å². The van der Waals surface area contributed by atoms with Crippen LogP contribution in [0.3, 0.4) is 0 Å². The van der Waals surface area contributed by atoms with Gasteiger partial charge in [0, 0.05) is 0 Å². The molecule has 0 aliphatic carbocycles. The normalized spacial score (nSPS) is 11.2. The molecule has 0 bridgehead atoms. The van der Waals surface area contributed by atoms with Crippen molar-refractivity contribution in [1.29, 1.82) is 0 Å². The molecule has 0 radical (unpaired) electrons. The lowest BCUT2D eigenvalue weighted by Gasteiger charge is -2.28. The molecule has 5 rings (SSSR count). The minimum atomic E-state index is -1.99. The third-order valence-electron chi connectivity index (χ3n) is 6.38. The van der Waals surface area contributed by atoms with E-state index in [1.165, 1.54) is 39.2 Å². The molecule has 0 saturated heterocycles. The first-order valence-electron chi connectivity index (χ1n) is 11.8. The quantitative estimate of drug-likeness (QED) is 0.206. The molecule has 0 amide bonds. The van der Waals surface area contributed by atoms with Crippen molar-refractivity contribution in [2.75, 3.05) is 0 Å². The fourth-order valence-electron chi connectivity index (χ4n) is 4.62. The van der Waals surface area contributed by atoms with Gasteiger partial charge in [-0.2, -0.15) is 0 Å². The Morgan fingerprint density at radius 3 is 1.44 bits per heavy atom. The predicted octanol–water partition coefficient (Wildman–Crippen LogP) is 4.49. The second-order valence-corrected chi connectivity index (χ2v) is 12.0. The Hall–Kier alpha value is -3.32. The molecule has 0 N–H and O–H groups in total. The van der Waals surface area contributed by atoms with E-state index in [0.29, 0.717) is 0 Å². The van der Waals surface area contributed by atoms with Gasteiger partial charge in [0.25, 0.3) is 0 Å². The topological polar surface area (TPSA) is 0 Å². The van der Waals surface area contributed by atoms with Gasteiger partial charge in [0.1, 0.15) is 29.0 Å². The van der Waals surface area contributed by atoms with Gasteiger partial charge < -0.3 is 17.0 Å². The van der Waals surface area contributed by atoms with Crippen molar-refractivity contribution in [1.82, 2.24) is 0 Å². The first-order valence-corrected chi connectivity index (χ1v) is 13.8. The van der Waals surface area contributed by atoms with Crippen LogP contribution >= 0.6 is 7.26 Å². The SMILES string of the molecule is Fc1ccc(C=Cc2ccccc2C[P+](c2ccccc2)(c2ccccc2)c2ccccc2)cc1.[Br-]. The van der Waals surface area contributed by atoms with Gasteiger partial charge in [-0.15, -0.1) is 0 Å². The summed E-state index contributed by atoms with van der Waals surface area (Å²) in [6.07, 6.45) is 5.12. The maximum atomic E-state index is 13.4. The van der Waals surface area contributed by atoms with Crippen LogP contribution in [0.4, 0.5) is 4.39 Å². The Morgan fingerprint density at radius 1 is 0.500 bits per heavy atom. The van der Waals surface area contributed by atoms with Gasteiger partial charge >= 0.3 is 0 Å². The van der Waals surface area contributed by atoms with Gasteiger partial charge in [0.05, 0.1) is 6.16 Å². The van der Waals surface area contributed by atoms with E-state index in [-0.39, 0.29) is 22.8 Å². The summed E-state index contributed by atoms with van der Waals surface area (Å²) in [5.41, 5.74) is 3.47. The van der Waals surface area contributed by atoms with Gasteiger partial charge in [-0.25, -0.2) is 4.39 Å². The lowest BCUT2D eigenvalue weighted by molar-refractivity contribution is -0.00000729. The molecule has 5 aromatic rings. The third kappa shape index (κ3) is 5.57. The van der Waals surface area contributed by atoms with Gasteiger partial charge in [0.15, 0.2) is 0 Å². The van der Waals surface area contributed by atoms with Crippen molar-refractivity contribution >= 4 is 35.3 Å². The molecule has 0 unspecified atom stereocenters. The van der Waals surface area contributed by atoms with Crippen molar-refractivity contribution in [3.63, 3.8) is 0 Å². The summed E-state index contributed by atoms with van der Waals surface area (Å²) >= 11 is 0. The molecule has 0 nitrogen and oxygen atoms in total. The van der Waals surface area contributed by atoms with Crippen LogP contribution in [0, 0.1) is 5.82 Å². The maximum absolute atomic E-state index is 13.4. The zero-order chi connectivity index (χ0) is 23.9. The second kappa shape index (κ2) is 12.1. The van der Waals surface area contributed by atoms with Gasteiger partial charge in [0.2, 0.25) is 0 Å². The van der Waals surface area contributed by atoms with E-state index >= 15 is 0 Å². The Balaban J connectivity index is 0.00000304. The standard InChI is InChI=1S/C33H27FP.BrH/c34-30-24-21-27(22-25-30)20-23-28-12-10-11-13-29(28)26-35(31-14-4-1-5-15-31,32-16-6-2-7-17-32)33-18-8-3-9-19-33;/h1-25H,26H2;1H/q+1;/p-1. The predicted molar refractivity (Wildman–Crippen MR) is 151 cm³/mol. The zero-order valence-electron chi connectivity index (χ0n) is 19.8. The number of halogens is 2. The molecule has 0 spiro atoms. The Labute approximate surface area is 224 Å². The van der Waals surface area contributed by atoms with Crippen LogP contribution in [-0.4, -0.2) is 0 Å². The first kappa shape index (κ1) is 25.8. The number of rotatable bonds is 7. The molecule has 0 saturated carbocycles. The monoisotopic (exact) mass is 552 g/mol. The number of hydrogen-bond donors (Lipinski definition) is 0. The van der Waals surface area contributed by atoms with Crippen LogP contribution in [0.15, 0.2) is 140 Å². The summed E-state index contributed by atoms with van der Waals surface area (Å²) in [5.74, 6) is -0.217. The van der Waals surface area contributed by atoms with Crippen molar-refractivity contribution < 1.29 is 21.4 Å². The Kier molecular flexibility index (Phi) is 8.65. The molecule has 3 heteroatoms. The molecule has 0 aliphatic rings. The average Bonchev–Trinajstić information content (AvgIpc) is 2.93. The fourth-order valence-corrected chi connectivity index (χ4v) is 8.91. The zero-order valence-corrected chi connectivity index (χ0v) is 22.3. The van der Waals surface area contributed by atoms with Crippen LogP contribution in [0.5, 0.6) is 0 Å². The molecule has 178 valence electrons. The minimum absolute atomic E-state index is 0. The molecule has 0 aliphatic heterocycles.